The van der Waals surface area contributed by atoms with Crippen molar-refractivity contribution in [1.82, 2.24) is 9.97 Å². The molecule has 1 aromatic carbocycles. The molecule has 0 saturated carbocycles. The fraction of sp³-hybridized carbons (Fsp3) is 0.583. The minimum atomic E-state index is -1.08. The molecule has 2 heterocycles. The molecule has 1 aromatic heterocycles. The Labute approximate surface area is 179 Å². The SMILES string of the molecule is CCC(CC)COC(=O)[C@H](C#N)c1nc2ccccc2nc1N1C[C@H](C)C[C@H](C)C1. The number of benzene rings is 1. The van der Waals surface area contributed by atoms with Gasteiger partial charge in [-0.05, 0) is 36.3 Å². The summed E-state index contributed by atoms with van der Waals surface area (Å²) < 4.78 is 5.54. The van der Waals surface area contributed by atoms with Crippen LogP contribution in [0.2, 0.25) is 0 Å². The number of anilines is 1. The lowest BCUT2D eigenvalue weighted by Crippen LogP contribution is -2.40. The first-order valence-electron chi connectivity index (χ1n) is 11.0. The van der Waals surface area contributed by atoms with E-state index in [1.165, 1.54) is 0 Å². The zero-order chi connectivity index (χ0) is 21.7. The fourth-order valence-corrected chi connectivity index (χ4v) is 4.30. The number of hydrogen-bond donors (Lipinski definition) is 0. The van der Waals surface area contributed by atoms with Crippen LogP contribution in [0.1, 0.15) is 58.6 Å². The van der Waals surface area contributed by atoms with Crippen molar-refractivity contribution in [2.45, 2.75) is 52.9 Å². The first-order chi connectivity index (χ1) is 14.5. The lowest BCUT2D eigenvalue weighted by atomic mass is 9.91. The Kier molecular flexibility index (Phi) is 7.25. The first kappa shape index (κ1) is 22.0. The molecule has 0 spiro atoms. The molecule has 0 unspecified atom stereocenters. The minimum absolute atomic E-state index is 0.305. The van der Waals surface area contributed by atoms with E-state index in [9.17, 15) is 10.1 Å². The molecule has 0 amide bonds. The summed E-state index contributed by atoms with van der Waals surface area (Å²) in [5.74, 6) is 0.346. The van der Waals surface area contributed by atoms with Crippen molar-refractivity contribution in [1.29, 1.82) is 5.26 Å². The zero-order valence-corrected chi connectivity index (χ0v) is 18.5. The van der Waals surface area contributed by atoms with Gasteiger partial charge in [0, 0.05) is 13.1 Å². The standard InChI is InChI=1S/C24H32N4O2/c1-5-18(6-2)15-30-24(29)19(12-25)22-23(28-13-16(3)11-17(4)14-28)27-21-10-8-7-9-20(21)26-22/h7-10,16-19H,5-6,11,13-15H2,1-4H3/t16-,17+,19-/m1/s1. The first-order valence-corrected chi connectivity index (χ1v) is 11.0. The van der Waals surface area contributed by atoms with E-state index in [4.69, 9.17) is 14.7 Å². The van der Waals surface area contributed by atoms with E-state index in [-0.39, 0.29) is 0 Å². The number of hydrogen-bond acceptors (Lipinski definition) is 6. The van der Waals surface area contributed by atoms with Gasteiger partial charge in [-0.2, -0.15) is 5.26 Å². The van der Waals surface area contributed by atoms with Gasteiger partial charge in [-0.15, -0.1) is 0 Å². The Bertz CT molecular complexity index is 909. The summed E-state index contributed by atoms with van der Waals surface area (Å²) in [6, 6.07) is 9.73. The van der Waals surface area contributed by atoms with Crippen molar-refractivity contribution < 1.29 is 9.53 Å². The third kappa shape index (κ3) is 4.89. The Morgan fingerprint density at radius 3 is 2.33 bits per heavy atom. The van der Waals surface area contributed by atoms with Crippen LogP contribution in [0.25, 0.3) is 11.0 Å². The lowest BCUT2D eigenvalue weighted by Gasteiger charge is -2.36. The predicted octanol–water partition coefficient (Wildman–Crippen LogP) is 4.70. The maximum atomic E-state index is 12.9. The average Bonchev–Trinajstić information content (AvgIpc) is 2.73. The topological polar surface area (TPSA) is 79.1 Å². The van der Waals surface area contributed by atoms with Crippen LogP contribution >= 0.6 is 0 Å². The number of carbonyl (C=O) groups is 1. The lowest BCUT2D eigenvalue weighted by molar-refractivity contribution is -0.145. The fourth-order valence-electron chi connectivity index (χ4n) is 4.30. The van der Waals surface area contributed by atoms with Crippen LogP contribution < -0.4 is 4.90 Å². The normalized spacial score (nSPS) is 20.2. The molecule has 1 saturated heterocycles. The van der Waals surface area contributed by atoms with Gasteiger partial charge in [0.2, 0.25) is 0 Å². The van der Waals surface area contributed by atoms with Gasteiger partial charge in [-0.1, -0.05) is 52.7 Å². The number of para-hydroxylation sites is 2. The molecule has 30 heavy (non-hydrogen) atoms. The molecule has 0 N–H and O–H groups in total. The number of nitrogens with zero attached hydrogens (tertiary/aromatic N) is 4. The number of piperidine rings is 1. The molecule has 0 radical (unpaired) electrons. The zero-order valence-electron chi connectivity index (χ0n) is 18.5. The molecule has 2 aromatic rings. The van der Waals surface area contributed by atoms with Crippen LogP contribution in [0, 0.1) is 29.1 Å². The van der Waals surface area contributed by atoms with Gasteiger partial charge in [0.05, 0.1) is 23.7 Å². The highest BCUT2D eigenvalue weighted by molar-refractivity contribution is 5.85. The van der Waals surface area contributed by atoms with Gasteiger partial charge in [0.15, 0.2) is 11.7 Å². The number of rotatable bonds is 7. The molecule has 0 bridgehead atoms. The predicted molar refractivity (Wildman–Crippen MR) is 118 cm³/mol. The molecule has 1 aliphatic heterocycles. The minimum Gasteiger partial charge on any atom is -0.464 e. The van der Waals surface area contributed by atoms with Crippen LogP contribution in [0.5, 0.6) is 0 Å². The van der Waals surface area contributed by atoms with Crippen molar-refractivity contribution in [3.63, 3.8) is 0 Å². The van der Waals surface area contributed by atoms with Crippen LogP contribution in [-0.4, -0.2) is 35.6 Å². The smallest absolute Gasteiger partial charge is 0.329 e. The molecule has 1 fully saturated rings. The second kappa shape index (κ2) is 9.88. The van der Waals surface area contributed by atoms with Crippen LogP contribution in [0.15, 0.2) is 24.3 Å². The molecule has 6 nitrogen and oxygen atoms in total. The molecule has 160 valence electrons. The molecule has 1 aliphatic rings. The van der Waals surface area contributed by atoms with Gasteiger partial charge in [0.1, 0.15) is 5.69 Å². The average molecular weight is 409 g/mol. The Balaban J connectivity index is 1.99. The summed E-state index contributed by atoms with van der Waals surface area (Å²) >= 11 is 0. The molecule has 6 heteroatoms. The summed E-state index contributed by atoms with van der Waals surface area (Å²) in [5.41, 5.74) is 1.86. The summed E-state index contributed by atoms with van der Waals surface area (Å²) in [6.45, 7) is 10.6. The van der Waals surface area contributed by atoms with Crippen LogP contribution in [0.4, 0.5) is 5.82 Å². The monoisotopic (exact) mass is 408 g/mol. The molecule has 3 rings (SSSR count). The summed E-state index contributed by atoms with van der Waals surface area (Å²) in [5, 5.41) is 9.89. The van der Waals surface area contributed by atoms with Crippen molar-refractivity contribution in [3.05, 3.63) is 30.0 Å². The molecule has 0 aliphatic carbocycles. The van der Waals surface area contributed by atoms with Crippen molar-refractivity contribution in [2.24, 2.45) is 17.8 Å². The molecule has 3 atom stereocenters. The summed E-state index contributed by atoms with van der Waals surface area (Å²) in [4.78, 5) is 24.7. The van der Waals surface area contributed by atoms with E-state index in [2.05, 4.69) is 38.7 Å². The molecular formula is C24H32N4O2. The maximum Gasteiger partial charge on any atom is 0.329 e. The summed E-state index contributed by atoms with van der Waals surface area (Å²) in [7, 11) is 0. The number of esters is 1. The van der Waals surface area contributed by atoms with E-state index in [1.807, 2.05) is 24.3 Å². The van der Waals surface area contributed by atoms with E-state index >= 15 is 0 Å². The van der Waals surface area contributed by atoms with Crippen molar-refractivity contribution >= 4 is 22.8 Å². The van der Waals surface area contributed by atoms with Gasteiger partial charge in [0.25, 0.3) is 0 Å². The van der Waals surface area contributed by atoms with Gasteiger partial charge in [-0.3, -0.25) is 4.79 Å². The van der Waals surface area contributed by atoms with E-state index in [0.29, 0.717) is 41.4 Å². The second-order valence-corrected chi connectivity index (χ2v) is 8.65. The Hall–Kier alpha value is -2.68. The highest BCUT2D eigenvalue weighted by Gasteiger charge is 2.32. The number of carbonyl (C=O) groups excluding carboxylic acids is 1. The number of aromatic nitrogens is 2. The van der Waals surface area contributed by atoms with E-state index < -0.39 is 11.9 Å². The number of fused-ring (bicyclic) bond motifs is 1. The van der Waals surface area contributed by atoms with E-state index in [1.54, 1.807) is 0 Å². The molecular weight excluding hydrogens is 376 g/mol. The number of nitriles is 1. The maximum absolute atomic E-state index is 12.9. The Morgan fingerprint density at radius 1 is 1.17 bits per heavy atom. The highest BCUT2D eigenvalue weighted by atomic mass is 16.5. The van der Waals surface area contributed by atoms with Gasteiger partial charge in [-0.25, -0.2) is 9.97 Å². The van der Waals surface area contributed by atoms with Crippen molar-refractivity contribution in [3.8, 4) is 6.07 Å². The Morgan fingerprint density at radius 2 is 1.77 bits per heavy atom. The summed E-state index contributed by atoms with van der Waals surface area (Å²) in [6.07, 6.45) is 3.03. The van der Waals surface area contributed by atoms with Crippen LogP contribution in [0.3, 0.4) is 0 Å². The van der Waals surface area contributed by atoms with Gasteiger partial charge < -0.3 is 9.64 Å². The van der Waals surface area contributed by atoms with Crippen LogP contribution in [-0.2, 0) is 9.53 Å². The number of ether oxygens (including phenoxy) is 1. The van der Waals surface area contributed by atoms with Crippen molar-refractivity contribution in [2.75, 3.05) is 24.6 Å². The van der Waals surface area contributed by atoms with Gasteiger partial charge >= 0.3 is 5.97 Å². The third-order valence-electron chi connectivity index (χ3n) is 6.00. The van der Waals surface area contributed by atoms with E-state index in [0.717, 1.165) is 37.9 Å². The second-order valence-electron chi connectivity index (χ2n) is 8.65. The highest BCUT2D eigenvalue weighted by Crippen LogP contribution is 2.32. The largest absolute Gasteiger partial charge is 0.464 e. The third-order valence-corrected chi connectivity index (χ3v) is 6.00. The quantitative estimate of drug-likeness (QED) is 0.618.